The predicted octanol–water partition coefficient (Wildman–Crippen LogP) is 3.95. The Kier molecular flexibility index (Phi) is 3.78. The van der Waals surface area contributed by atoms with Crippen molar-refractivity contribution in [2.45, 2.75) is 20.0 Å². The highest BCUT2D eigenvalue weighted by Gasteiger charge is 2.04. The molecule has 2 nitrogen and oxygen atoms in total. The van der Waals surface area contributed by atoms with E-state index in [1.165, 1.54) is 0 Å². The number of carbonyl (C=O) groups excluding carboxylic acids is 1. The lowest BCUT2D eigenvalue weighted by molar-refractivity contribution is 0.112. The van der Waals surface area contributed by atoms with Crippen LogP contribution in [0.3, 0.4) is 0 Å². The van der Waals surface area contributed by atoms with E-state index < -0.39 is 0 Å². The maximum atomic E-state index is 11.0. The summed E-state index contributed by atoms with van der Waals surface area (Å²) in [6, 6.07) is 15.4. The standard InChI is InChI=1S/C16H16O2/c1-12(2)18-15-9-7-13(8-10-15)16-6-4-3-5-14(16)11-17/h3-12H,1-2H3. The van der Waals surface area contributed by atoms with Crippen molar-refractivity contribution >= 4 is 6.29 Å². The van der Waals surface area contributed by atoms with Gasteiger partial charge in [0.25, 0.3) is 0 Å². The van der Waals surface area contributed by atoms with Crippen molar-refractivity contribution in [1.82, 2.24) is 0 Å². The molecule has 0 N–H and O–H groups in total. The van der Waals surface area contributed by atoms with E-state index in [4.69, 9.17) is 4.74 Å². The number of hydrogen-bond acceptors (Lipinski definition) is 2. The zero-order valence-corrected chi connectivity index (χ0v) is 10.6. The molecule has 2 aromatic rings. The predicted molar refractivity (Wildman–Crippen MR) is 73.0 cm³/mol. The highest BCUT2D eigenvalue weighted by molar-refractivity contribution is 5.87. The molecular weight excluding hydrogens is 224 g/mol. The summed E-state index contributed by atoms with van der Waals surface area (Å²) in [4.78, 5) is 11.0. The molecule has 0 aromatic heterocycles. The fourth-order valence-corrected chi connectivity index (χ4v) is 1.85. The van der Waals surface area contributed by atoms with Gasteiger partial charge in [0.2, 0.25) is 0 Å². The molecule has 92 valence electrons. The zero-order valence-electron chi connectivity index (χ0n) is 10.6. The molecule has 0 amide bonds. The summed E-state index contributed by atoms with van der Waals surface area (Å²) < 4.78 is 5.59. The largest absolute Gasteiger partial charge is 0.491 e. The number of hydrogen-bond donors (Lipinski definition) is 0. The minimum Gasteiger partial charge on any atom is -0.491 e. The van der Waals surface area contributed by atoms with Crippen molar-refractivity contribution < 1.29 is 9.53 Å². The summed E-state index contributed by atoms with van der Waals surface area (Å²) in [5.74, 6) is 0.845. The second-order valence-electron chi connectivity index (χ2n) is 4.40. The molecule has 0 heterocycles. The third-order valence-corrected chi connectivity index (χ3v) is 2.62. The van der Waals surface area contributed by atoms with E-state index in [9.17, 15) is 4.79 Å². The minimum atomic E-state index is 0.165. The van der Waals surface area contributed by atoms with Crippen LogP contribution in [0.25, 0.3) is 11.1 Å². The van der Waals surface area contributed by atoms with Crippen LogP contribution >= 0.6 is 0 Å². The van der Waals surface area contributed by atoms with Crippen LogP contribution in [0.2, 0.25) is 0 Å². The summed E-state index contributed by atoms with van der Waals surface area (Å²) in [5.41, 5.74) is 2.67. The van der Waals surface area contributed by atoms with Gasteiger partial charge in [0.1, 0.15) is 5.75 Å². The first-order valence-corrected chi connectivity index (χ1v) is 6.02. The Hall–Kier alpha value is -2.09. The van der Waals surface area contributed by atoms with Gasteiger partial charge in [0.05, 0.1) is 6.10 Å². The van der Waals surface area contributed by atoms with E-state index in [0.29, 0.717) is 5.56 Å². The summed E-state index contributed by atoms with van der Waals surface area (Å²) in [6.07, 6.45) is 1.05. The van der Waals surface area contributed by atoms with Crippen molar-refractivity contribution in [3.05, 3.63) is 54.1 Å². The van der Waals surface area contributed by atoms with Gasteiger partial charge in [0.15, 0.2) is 6.29 Å². The van der Waals surface area contributed by atoms with Crippen LogP contribution in [0.4, 0.5) is 0 Å². The van der Waals surface area contributed by atoms with Crippen molar-refractivity contribution in [2.75, 3.05) is 0 Å². The second kappa shape index (κ2) is 5.50. The molecule has 0 aliphatic rings. The molecule has 0 fully saturated rings. The summed E-state index contributed by atoms with van der Waals surface area (Å²) in [5, 5.41) is 0. The van der Waals surface area contributed by atoms with Gasteiger partial charge in [-0.25, -0.2) is 0 Å². The molecule has 0 saturated carbocycles. The average molecular weight is 240 g/mol. The summed E-state index contributed by atoms with van der Waals surface area (Å²) >= 11 is 0. The first-order chi connectivity index (χ1) is 8.70. The van der Waals surface area contributed by atoms with Crippen LogP contribution in [-0.4, -0.2) is 12.4 Å². The molecule has 0 spiro atoms. The second-order valence-corrected chi connectivity index (χ2v) is 4.40. The van der Waals surface area contributed by atoms with Crippen LogP contribution in [-0.2, 0) is 0 Å². The van der Waals surface area contributed by atoms with Gasteiger partial charge in [-0.1, -0.05) is 36.4 Å². The SMILES string of the molecule is CC(C)Oc1ccc(-c2ccccc2C=O)cc1. The van der Waals surface area contributed by atoms with Crippen LogP contribution < -0.4 is 4.74 Å². The Balaban J connectivity index is 2.31. The maximum absolute atomic E-state index is 11.0. The van der Waals surface area contributed by atoms with E-state index in [1.54, 1.807) is 0 Å². The zero-order chi connectivity index (χ0) is 13.0. The molecule has 0 radical (unpaired) electrons. The molecule has 2 rings (SSSR count). The monoisotopic (exact) mass is 240 g/mol. The Bertz CT molecular complexity index is 527. The maximum Gasteiger partial charge on any atom is 0.150 e. The number of aldehydes is 1. The van der Waals surface area contributed by atoms with Crippen molar-refractivity contribution in [3.8, 4) is 16.9 Å². The number of ether oxygens (including phenoxy) is 1. The van der Waals surface area contributed by atoms with Crippen molar-refractivity contribution in [1.29, 1.82) is 0 Å². The van der Waals surface area contributed by atoms with Crippen LogP contribution in [0, 0.1) is 0 Å². The van der Waals surface area contributed by atoms with Gasteiger partial charge in [-0.3, -0.25) is 4.79 Å². The molecule has 0 atom stereocenters. The van der Waals surface area contributed by atoms with Crippen molar-refractivity contribution in [2.24, 2.45) is 0 Å². The molecule has 2 aromatic carbocycles. The number of rotatable bonds is 4. The Morgan fingerprint density at radius 1 is 1.00 bits per heavy atom. The van der Waals surface area contributed by atoms with Gasteiger partial charge in [-0.05, 0) is 37.1 Å². The highest BCUT2D eigenvalue weighted by atomic mass is 16.5. The van der Waals surface area contributed by atoms with Gasteiger partial charge in [-0.15, -0.1) is 0 Å². The van der Waals surface area contributed by atoms with E-state index >= 15 is 0 Å². The Morgan fingerprint density at radius 2 is 1.67 bits per heavy atom. The Labute approximate surface area is 107 Å². The molecule has 0 bridgehead atoms. The third kappa shape index (κ3) is 2.77. The van der Waals surface area contributed by atoms with Crippen LogP contribution in [0.5, 0.6) is 5.75 Å². The lowest BCUT2D eigenvalue weighted by atomic mass is 10.0. The number of carbonyl (C=O) groups is 1. The van der Waals surface area contributed by atoms with E-state index in [1.807, 2.05) is 62.4 Å². The van der Waals surface area contributed by atoms with E-state index in [0.717, 1.165) is 23.2 Å². The van der Waals surface area contributed by atoms with Crippen LogP contribution in [0.1, 0.15) is 24.2 Å². The van der Waals surface area contributed by atoms with Crippen molar-refractivity contribution in [3.63, 3.8) is 0 Å². The molecule has 0 saturated heterocycles. The topological polar surface area (TPSA) is 26.3 Å². The fraction of sp³-hybridized carbons (Fsp3) is 0.188. The smallest absolute Gasteiger partial charge is 0.150 e. The van der Waals surface area contributed by atoms with Gasteiger partial charge in [-0.2, -0.15) is 0 Å². The minimum absolute atomic E-state index is 0.165. The fourth-order valence-electron chi connectivity index (χ4n) is 1.85. The Morgan fingerprint density at radius 3 is 2.28 bits per heavy atom. The van der Waals surface area contributed by atoms with E-state index in [-0.39, 0.29) is 6.10 Å². The van der Waals surface area contributed by atoms with Gasteiger partial charge < -0.3 is 4.74 Å². The lowest BCUT2D eigenvalue weighted by Gasteiger charge is -2.10. The molecular formula is C16H16O2. The highest BCUT2D eigenvalue weighted by Crippen LogP contribution is 2.25. The number of benzene rings is 2. The average Bonchev–Trinajstić information content (AvgIpc) is 2.39. The first-order valence-electron chi connectivity index (χ1n) is 6.02. The third-order valence-electron chi connectivity index (χ3n) is 2.62. The summed E-state index contributed by atoms with van der Waals surface area (Å²) in [7, 11) is 0. The normalized spacial score (nSPS) is 10.4. The molecule has 2 heteroatoms. The van der Waals surface area contributed by atoms with E-state index in [2.05, 4.69) is 0 Å². The summed E-state index contributed by atoms with van der Waals surface area (Å²) in [6.45, 7) is 3.99. The molecule has 0 aliphatic heterocycles. The van der Waals surface area contributed by atoms with Gasteiger partial charge in [0, 0.05) is 5.56 Å². The molecule has 18 heavy (non-hydrogen) atoms. The molecule has 0 unspecified atom stereocenters. The first kappa shape index (κ1) is 12.4. The molecule has 0 aliphatic carbocycles. The lowest BCUT2D eigenvalue weighted by Crippen LogP contribution is -2.05. The quantitative estimate of drug-likeness (QED) is 0.756. The van der Waals surface area contributed by atoms with Crippen LogP contribution in [0.15, 0.2) is 48.5 Å². The van der Waals surface area contributed by atoms with Gasteiger partial charge >= 0.3 is 0 Å².